The minimum atomic E-state index is -0.121. The topological polar surface area (TPSA) is 62.7 Å². The number of aromatic nitrogens is 1. The second-order valence-corrected chi connectivity index (χ2v) is 5.45. The standard InChI is InChI=1S/C14H12ClN3S/c15-12-4-3-10(7-16)14(6-12)19-9-13(17)11-2-1-5-18-8-11/h1-6,8,13H,9,17H2. The van der Waals surface area contributed by atoms with Gasteiger partial charge in [0.1, 0.15) is 6.07 Å². The molecule has 1 unspecified atom stereocenters. The van der Waals surface area contributed by atoms with E-state index >= 15 is 0 Å². The van der Waals surface area contributed by atoms with Crippen LogP contribution in [0.25, 0.3) is 0 Å². The van der Waals surface area contributed by atoms with Crippen molar-refractivity contribution in [2.45, 2.75) is 10.9 Å². The summed E-state index contributed by atoms with van der Waals surface area (Å²) < 4.78 is 0. The lowest BCUT2D eigenvalue weighted by Crippen LogP contribution is -2.13. The zero-order valence-corrected chi connectivity index (χ0v) is 11.7. The molecule has 2 aromatic rings. The summed E-state index contributed by atoms with van der Waals surface area (Å²) in [4.78, 5) is 4.90. The van der Waals surface area contributed by atoms with Crippen LogP contribution in [0.5, 0.6) is 0 Å². The van der Waals surface area contributed by atoms with Gasteiger partial charge in [-0.15, -0.1) is 11.8 Å². The molecule has 0 aliphatic rings. The Morgan fingerprint density at radius 3 is 2.95 bits per heavy atom. The summed E-state index contributed by atoms with van der Waals surface area (Å²) in [5.41, 5.74) is 7.70. The molecule has 96 valence electrons. The zero-order chi connectivity index (χ0) is 13.7. The van der Waals surface area contributed by atoms with Gasteiger partial charge in [0.2, 0.25) is 0 Å². The molecule has 0 fully saturated rings. The van der Waals surface area contributed by atoms with E-state index in [2.05, 4.69) is 11.1 Å². The van der Waals surface area contributed by atoms with Crippen molar-refractivity contribution >= 4 is 23.4 Å². The van der Waals surface area contributed by atoms with E-state index in [1.807, 2.05) is 12.1 Å². The first kappa shape index (κ1) is 13.9. The Morgan fingerprint density at radius 1 is 1.42 bits per heavy atom. The number of benzene rings is 1. The molecule has 3 nitrogen and oxygen atoms in total. The number of nitrogens with zero attached hydrogens (tertiary/aromatic N) is 2. The highest BCUT2D eigenvalue weighted by atomic mass is 35.5. The molecular formula is C14H12ClN3S. The summed E-state index contributed by atoms with van der Waals surface area (Å²) >= 11 is 7.47. The monoisotopic (exact) mass is 289 g/mol. The largest absolute Gasteiger partial charge is 0.323 e. The molecule has 0 saturated carbocycles. The predicted octanol–water partition coefficient (Wildman–Crippen LogP) is 3.40. The highest BCUT2D eigenvalue weighted by molar-refractivity contribution is 7.99. The number of rotatable bonds is 4. The molecule has 2 rings (SSSR count). The molecule has 0 saturated heterocycles. The van der Waals surface area contributed by atoms with Crippen LogP contribution in [0.3, 0.4) is 0 Å². The van der Waals surface area contributed by atoms with E-state index in [0.717, 1.165) is 10.5 Å². The van der Waals surface area contributed by atoms with E-state index in [-0.39, 0.29) is 6.04 Å². The highest BCUT2D eigenvalue weighted by Gasteiger charge is 2.09. The van der Waals surface area contributed by atoms with Crippen LogP contribution in [0, 0.1) is 11.3 Å². The maximum absolute atomic E-state index is 9.04. The second kappa shape index (κ2) is 6.58. The Labute approximate surface area is 121 Å². The molecule has 2 N–H and O–H groups in total. The lowest BCUT2D eigenvalue weighted by atomic mass is 10.2. The van der Waals surface area contributed by atoms with E-state index in [9.17, 15) is 0 Å². The second-order valence-electron chi connectivity index (χ2n) is 3.96. The maximum Gasteiger partial charge on any atom is 0.100 e. The summed E-state index contributed by atoms with van der Waals surface area (Å²) in [6, 6.07) is 11.1. The molecule has 0 spiro atoms. The Kier molecular flexibility index (Phi) is 4.80. The lowest BCUT2D eigenvalue weighted by molar-refractivity contribution is 0.824. The lowest BCUT2D eigenvalue weighted by Gasteiger charge is -2.11. The van der Waals surface area contributed by atoms with E-state index < -0.39 is 0 Å². The maximum atomic E-state index is 9.04. The van der Waals surface area contributed by atoms with Crippen molar-refractivity contribution < 1.29 is 0 Å². The summed E-state index contributed by atoms with van der Waals surface area (Å²) in [6.45, 7) is 0. The number of nitriles is 1. The van der Waals surface area contributed by atoms with Gasteiger partial charge in [-0.25, -0.2) is 0 Å². The van der Waals surface area contributed by atoms with E-state index in [4.69, 9.17) is 22.6 Å². The van der Waals surface area contributed by atoms with Crippen LogP contribution in [0.2, 0.25) is 5.02 Å². The Morgan fingerprint density at radius 2 is 2.26 bits per heavy atom. The van der Waals surface area contributed by atoms with Gasteiger partial charge in [-0.1, -0.05) is 17.7 Å². The molecule has 0 amide bonds. The molecule has 1 heterocycles. The van der Waals surface area contributed by atoms with E-state index in [0.29, 0.717) is 16.3 Å². The van der Waals surface area contributed by atoms with Crippen LogP contribution in [0.4, 0.5) is 0 Å². The number of hydrogen-bond acceptors (Lipinski definition) is 4. The van der Waals surface area contributed by atoms with Gasteiger partial charge in [-0.3, -0.25) is 4.98 Å². The summed E-state index contributed by atoms with van der Waals surface area (Å²) in [5, 5.41) is 9.67. The molecule has 1 atom stereocenters. The van der Waals surface area contributed by atoms with Crippen molar-refractivity contribution in [2.75, 3.05) is 5.75 Å². The van der Waals surface area contributed by atoms with Gasteiger partial charge in [0.05, 0.1) is 5.56 Å². The number of halogens is 1. The van der Waals surface area contributed by atoms with Gasteiger partial charge in [0.15, 0.2) is 0 Å². The van der Waals surface area contributed by atoms with Crippen LogP contribution in [0.15, 0.2) is 47.6 Å². The van der Waals surface area contributed by atoms with Crippen LogP contribution >= 0.6 is 23.4 Å². The fraction of sp³-hybridized carbons (Fsp3) is 0.143. The van der Waals surface area contributed by atoms with E-state index in [1.165, 1.54) is 11.8 Å². The van der Waals surface area contributed by atoms with E-state index in [1.54, 1.807) is 30.6 Å². The third-order valence-electron chi connectivity index (χ3n) is 2.60. The highest BCUT2D eigenvalue weighted by Crippen LogP contribution is 2.28. The summed E-state index contributed by atoms with van der Waals surface area (Å²) in [5.74, 6) is 0.667. The van der Waals surface area contributed by atoms with Crippen molar-refractivity contribution in [1.82, 2.24) is 4.98 Å². The molecule has 5 heteroatoms. The van der Waals surface area contributed by atoms with Gasteiger partial charge >= 0.3 is 0 Å². The molecule has 0 radical (unpaired) electrons. The molecule has 1 aromatic carbocycles. The summed E-state index contributed by atoms with van der Waals surface area (Å²) in [6.07, 6.45) is 3.47. The fourth-order valence-electron chi connectivity index (χ4n) is 1.58. The average molecular weight is 290 g/mol. The Bertz CT molecular complexity index is 595. The molecule has 19 heavy (non-hydrogen) atoms. The Hall–Kier alpha value is -1.54. The first-order valence-corrected chi connectivity index (χ1v) is 7.05. The molecule has 1 aromatic heterocycles. The minimum absolute atomic E-state index is 0.121. The third kappa shape index (κ3) is 3.71. The Balaban J connectivity index is 2.07. The van der Waals surface area contributed by atoms with Crippen LogP contribution in [0.1, 0.15) is 17.2 Å². The minimum Gasteiger partial charge on any atom is -0.323 e. The van der Waals surface area contributed by atoms with Gasteiger partial charge in [0, 0.05) is 34.1 Å². The zero-order valence-electron chi connectivity index (χ0n) is 10.1. The van der Waals surface area contributed by atoms with Crippen molar-refractivity contribution in [3.8, 4) is 6.07 Å². The normalized spacial score (nSPS) is 11.8. The number of thioether (sulfide) groups is 1. The van der Waals surface area contributed by atoms with Crippen LogP contribution in [-0.2, 0) is 0 Å². The van der Waals surface area contributed by atoms with Gasteiger partial charge in [-0.2, -0.15) is 5.26 Å². The fourth-order valence-corrected chi connectivity index (χ4v) is 2.85. The average Bonchev–Trinajstić information content (AvgIpc) is 2.46. The third-order valence-corrected chi connectivity index (χ3v) is 4.00. The molecule has 0 aliphatic heterocycles. The number of nitrogens with two attached hydrogens (primary N) is 1. The number of hydrogen-bond donors (Lipinski definition) is 1. The van der Waals surface area contributed by atoms with Crippen molar-refractivity contribution in [2.24, 2.45) is 5.73 Å². The summed E-state index contributed by atoms with van der Waals surface area (Å²) in [7, 11) is 0. The van der Waals surface area contributed by atoms with Gasteiger partial charge < -0.3 is 5.73 Å². The van der Waals surface area contributed by atoms with Crippen LogP contribution < -0.4 is 5.73 Å². The van der Waals surface area contributed by atoms with Gasteiger partial charge in [0.25, 0.3) is 0 Å². The SMILES string of the molecule is N#Cc1ccc(Cl)cc1SCC(N)c1cccnc1. The van der Waals surface area contributed by atoms with Crippen molar-refractivity contribution in [3.05, 3.63) is 58.9 Å². The molecular weight excluding hydrogens is 278 g/mol. The first-order valence-electron chi connectivity index (χ1n) is 5.68. The van der Waals surface area contributed by atoms with Crippen molar-refractivity contribution in [3.63, 3.8) is 0 Å². The smallest absolute Gasteiger partial charge is 0.100 e. The predicted molar refractivity (Wildman–Crippen MR) is 78.1 cm³/mol. The number of pyridine rings is 1. The van der Waals surface area contributed by atoms with Crippen LogP contribution in [-0.4, -0.2) is 10.7 Å². The molecule has 0 bridgehead atoms. The quantitative estimate of drug-likeness (QED) is 0.876. The van der Waals surface area contributed by atoms with Gasteiger partial charge in [-0.05, 0) is 29.8 Å². The molecule has 0 aliphatic carbocycles. The first-order chi connectivity index (χ1) is 9.20. The van der Waals surface area contributed by atoms with Crippen molar-refractivity contribution in [1.29, 1.82) is 5.26 Å².